The Bertz CT molecular complexity index is 552. The number of hydrogen-bond donors (Lipinski definition) is 1. The molecule has 1 amide bonds. The Labute approximate surface area is 115 Å². The summed E-state index contributed by atoms with van der Waals surface area (Å²) in [5.74, 6) is -0.133. The Kier molecular flexibility index (Phi) is 4.41. The lowest BCUT2D eigenvalue weighted by molar-refractivity contribution is 0.0919. The van der Waals surface area contributed by atoms with Gasteiger partial charge in [-0.3, -0.25) is 14.6 Å². The maximum Gasteiger partial charge on any atom is 0.251 e. The zero-order valence-corrected chi connectivity index (χ0v) is 11.3. The highest BCUT2D eigenvalue weighted by Crippen LogP contribution is 2.12. The maximum atomic E-state index is 11.9. The van der Waals surface area contributed by atoms with Gasteiger partial charge < -0.3 is 5.32 Å². The summed E-state index contributed by atoms with van der Waals surface area (Å²) in [7, 11) is 0. The monoisotopic (exact) mass is 274 g/mol. The Morgan fingerprint density at radius 1 is 1.32 bits per heavy atom. The molecule has 0 saturated carbocycles. The molecule has 0 radical (unpaired) electrons. The van der Waals surface area contributed by atoms with Crippen molar-refractivity contribution in [1.82, 2.24) is 10.3 Å². The van der Waals surface area contributed by atoms with E-state index in [1.165, 1.54) is 11.3 Å². The molecule has 0 bridgehead atoms. The molecule has 19 heavy (non-hydrogen) atoms. The largest absolute Gasteiger partial charge is 0.349 e. The van der Waals surface area contributed by atoms with Gasteiger partial charge in [-0.05, 0) is 30.5 Å². The van der Waals surface area contributed by atoms with E-state index in [0.717, 1.165) is 4.88 Å². The Morgan fingerprint density at radius 2 is 2.05 bits per heavy atom. The van der Waals surface area contributed by atoms with E-state index in [-0.39, 0.29) is 17.7 Å². The minimum atomic E-state index is -0.199. The van der Waals surface area contributed by atoms with Gasteiger partial charge in [0.05, 0.1) is 4.88 Å². The first-order valence-corrected chi connectivity index (χ1v) is 6.82. The molecule has 1 unspecified atom stereocenters. The Hall–Kier alpha value is -2.01. The van der Waals surface area contributed by atoms with E-state index in [9.17, 15) is 9.59 Å². The molecule has 0 aromatic carbocycles. The molecule has 0 aliphatic heterocycles. The molecule has 2 rings (SSSR count). The van der Waals surface area contributed by atoms with Crippen LogP contribution in [0.2, 0.25) is 0 Å². The van der Waals surface area contributed by atoms with Crippen LogP contribution in [0.4, 0.5) is 0 Å². The van der Waals surface area contributed by atoms with Gasteiger partial charge >= 0.3 is 0 Å². The van der Waals surface area contributed by atoms with Gasteiger partial charge in [0.25, 0.3) is 5.91 Å². The molecule has 0 aliphatic rings. The number of carbonyl (C=O) groups excluding carboxylic acids is 2. The molecule has 0 aliphatic carbocycles. The SMILES string of the molecule is CC(CC(=O)c1cccs1)NC(=O)c1ccncc1. The van der Waals surface area contributed by atoms with Crippen LogP contribution >= 0.6 is 11.3 Å². The minimum absolute atomic E-state index is 0.0533. The molecule has 0 spiro atoms. The standard InChI is InChI=1S/C14H14N2O2S/c1-10(9-12(17)13-3-2-8-19-13)16-14(18)11-4-6-15-7-5-11/h2-8,10H,9H2,1H3,(H,16,18). The van der Waals surface area contributed by atoms with Crippen molar-refractivity contribution in [2.45, 2.75) is 19.4 Å². The third-order valence-corrected chi connectivity index (χ3v) is 3.52. The van der Waals surface area contributed by atoms with E-state index in [4.69, 9.17) is 0 Å². The summed E-state index contributed by atoms with van der Waals surface area (Å²) < 4.78 is 0. The second-order valence-corrected chi connectivity index (χ2v) is 5.16. The second-order valence-electron chi connectivity index (χ2n) is 4.21. The fourth-order valence-electron chi connectivity index (χ4n) is 1.68. The predicted octanol–water partition coefficient (Wildman–Crippen LogP) is 2.53. The summed E-state index contributed by atoms with van der Waals surface area (Å²) in [5, 5.41) is 4.67. The summed E-state index contributed by atoms with van der Waals surface area (Å²) in [5.41, 5.74) is 0.547. The van der Waals surface area contributed by atoms with Crippen LogP contribution in [-0.4, -0.2) is 22.7 Å². The molecule has 2 aromatic rings. The third kappa shape index (κ3) is 3.72. The molecule has 4 nitrogen and oxygen atoms in total. The molecular weight excluding hydrogens is 260 g/mol. The number of hydrogen-bond acceptors (Lipinski definition) is 4. The number of thiophene rings is 1. The average Bonchev–Trinajstić information content (AvgIpc) is 2.93. The average molecular weight is 274 g/mol. The van der Waals surface area contributed by atoms with Crippen LogP contribution in [0.15, 0.2) is 42.0 Å². The summed E-state index contributed by atoms with van der Waals surface area (Å²) >= 11 is 1.42. The van der Waals surface area contributed by atoms with E-state index in [2.05, 4.69) is 10.3 Å². The van der Waals surface area contributed by atoms with Crippen LogP contribution in [0.3, 0.4) is 0 Å². The van der Waals surface area contributed by atoms with Crippen LogP contribution < -0.4 is 5.32 Å². The number of carbonyl (C=O) groups is 2. The van der Waals surface area contributed by atoms with Gasteiger partial charge in [-0.25, -0.2) is 0 Å². The van der Waals surface area contributed by atoms with Crippen molar-refractivity contribution < 1.29 is 9.59 Å². The summed E-state index contributed by atoms with van der Waals surface area (Å²) in [6, 6.07) is 6.73. The van der Waals surface area contributed by atoms with Crippen molar-refractivity contribution in [3.8, 4) is 0 Å². The lowest BCUT2D eigenvalue weighted by atomic mass is 10.1. The summed E-state index contributed by atoms with van der Waals surface area (Å²) in [6.07, 6.45) is 3.43. The first-order chi connectivity index (χ1) is 9.16. The quantitative estimate of drug-likeness (QED) is 0.852. The number of rotatable bonds is 5. The molecule has 2 heterocycles. The highest BCUT2D eigenvalue weighted by Gasteiger charge is 2.14. The van der Waals surface area contributed by atoms with Crippen molar-refractivity contribution in [1.29, 1.82) is 0 Å². The Balaban J connectivity index is 1.90. The number of amides is 1. The van der Waals surface area contributed by atoms with Crippen LogP contribution in [0.5, 0.6) is 0 Å². The fraction of sp³-hybridized carbons (Fsp3) is 0.214. The van der Waals surface area contributed by atoms with Gasteiger partial charge in [0.2, 0.25) is 0 Å². The van der Waals surface area contributed by atoms with E-state index >= 15 is 0 Å². The molecular formula is C14H14N2O2S. The van der Waals surface area contributed by atoms with Gasteiger partial charge in [-0.15, -0.1) is 11.3 Å². The molecule has 1 atom stereocenters. The summed E-state index contributed by atoms with van der Waals surface area (Å²) in [4.78, 5) is 28.3. The molecule has 2 aromatic heterocycles. The number of nitrogens with one attached hydrogen (secondary N) is 1. The molecule has 0 fully saturated rings. The van der Waals surface area contributed by atoms with Gasteiger partial charge in [-0.2, -0.15) is 0 Å². The first-order valence-electron chi connectivity index (χ1n) is 5.94. The highest BCUT2D eigenvalue weighted by atomic mass is 32.1. The van der Waals surface area contributed by atoms with Gasteiger partial charge in [0.15, 0.2) is 5.78 Å². The molecule has 0 saturated heterocycles. The summed E-state index contributed by atoms with van der Waals surface area (Å²) in [6.45, 7) is 1.82. The number of aromatic nitrogens is 1. The normalized spacial score (nSPS) is 11.8. The van der Waals surface area contributed by atoms with Crippen LogP contribution in [0.25, 0.3) is 0 Å². The lowest BCUT2D eigenvalue weighted by Crippen LogP contribution is -2.34. The van der Waals surface area contributed by atoms with Gasteiger partial charge in [0, 0.05) is 30.4 Å². The van der Waals surface area contributed by atoms with Crippen molar-refractivity contribution in [2.75, 3.05) is 0 Å². The maximum absolute atomic E-state index is 11.9. The first kappa shape index (κ1) is 13.4. The molecule has 1 N–H and O–H groups in total. The van der Waals surface area contributed by atoms with E-state index < -0.39 is 0 Å². The van der Waals surface area contributed by atoms with E-state index in [1.807, 2.05) is 18.4 Å². The van der Waals surface area contributed by atoms with Crippen molar-refractivity contribution in [2.24, 2.45) is 0 Å². The Morgan fingerprint density at radius 3 is 2.68 bits per heavy atom. The zero-order valence-electron chi connectivity index (χ0n) is 10.5. The zero-order chi connectivity index (χ0) is 13.7. The van der Waals surface area contributed by atoms with Crippen molar-refractivity contribution in [3.05, 3.63) is 52.5 Å². The van der Waals surface area contributed by atoms with Crippen molar-refractivity contribution in [3.63, 3.8) is 0 Å². The number of ketones is 1. The second kappa shape index (κ2) is 6.24. The van der Waals surface area contributed by atoms with Gasteiger partial charge in [-0.1, -0.05) is 6.07 Å². The smallest absolute Gasteiger partial charge is 0.251 e. The fourth-order valence-corrected chi connectivity index (χ4v) is 2.35. The van der Waals surface area contributed by atoms with Crippen LogP contribution in [-0.2, 0) is 0 Å². The number of pyridine rings is 1. The van der Waals surface area contributed by atoms with E-state index in [0.29, 0.717) is 12.0 Å². The van der Waals surface area contributed by atoms with E-state index in [1.54, 1.807) is 30.6 Å². The van der Waals surface area contributed by atoms with Gasteiger partial charge in [0.1, 0.15) is 0 Å². The highest BCUT2D eigenvalue weighted by molar-refractivity contribution is 7.12. The third-order valence-electron chi connectivity index (χ3n) is 2.61. The topological polar surface area (TPSA) is 59.1 Å². The van der Waals surface area contributed by atoms with Crippen LogP contribution in [0, 0.1) is 0 Å². The van der Waals surface area contributed by atoms with Crippen molar-refractivity contribution >= 4 is 23.0 Å². The molecule has 5 heteroatoms. The number of Topliss-reactive ketones (excluding diaryl/α,β-unsaturated/α-hetero) is 1. The lowest BCUT2D eigenvalue weighted by Gasteiger charge is -2.12. The predicted molar refractivity (Wildman–Crippen MR) is 74.4 cm³/mol. The number of nitrogens with zero attached hydrogens (tertiary/aromatic N) is 1. The van der Waals surface area contributed by atoms with Crippen LogP contribution in [0.1, 0.15) is 33.4 Å². The minimum Gasteiger partial charge on any atom is -0.349 e. The molecule has 98 valence electrons.